The van der Waals surface area contributed by atoms with Crippen LogP contribution in [0.2, 0.25) is 0 Å². The van der Waals surface area contributed by atoms with Crippen LogP contribution in [-0.4, -0.2) is 41.3 Å². The summed E-state index contributed by atoms with van der Waals surface area (Å²) in [5.41, 5.74) is 0.575. The smallest absolute Gasteiger partial charge is 0.329 e. The van der Waals surface area contributed by atoms with E-state index in [-0.39, 0.29) is 17.9 Å². The van der Waals surface area contributed by atoms with Crippen LogP contribution in [-0.2, 0) is 25.5 Å². The fourth-order valence-corrected chi connectivity index (χ4v) is 4.48. The number of fused-ring (bicyclic) bond motifs is 2. The van der Waals surface area contributed by atoms with Crippen LogP contribution in [0.4, 0.5) is 0 Å². The number of amides is 1. The fraction of sp³-hybridized carbons (Fsp3) is 0.625. The number of ether oxygens (including phenoxy) is 1. The van der Waals surface area contributed by atoms with Gasteiger partial charge in [0.1, 0.15) is 6.04 Å². The topological polar surface area (TPSA) is 63.7 Å². The molecule has 5 heteroatoms. The van der Waals surface area contributed by atoms with Crippen LogP contribution >= 0.6 is 0 Å². The van der Waals surface area contributed by atoms with E-state index in [4.69, 9.17) is 4.74 Å². The van der Waals surface area contributed by atoms with Gasteiger partial charge in [-0.25, -0.2) is 4.79 Å². The molecule has 29 heavy (non-hydrogen) atoms. The van der Waals surface area contributed by atoms with Crippen molar-refractivity contribution in [1.82, 2.24) is 4.90 Å². The predicted octanol–water partition coefficient (Wildman–Crippen LogP) is 3.94. The average Bonchev–Trinajstić information content (AvgIpc) is 3.34. The van der Waals surface area contributed by atoms with E-state index in [1.807, 2.05) is 25.1 Å². The van der Waals surface area contributed by atoms with Crippen molar-refractivity contribution in [1.29, 1.82) is 0 Å². The Kier molecular flexibility index (Phi) is 6.76. The maximum absolute atomic E-state index is 13.0. The Labute approximate surface area is 173 Å². The molecule has 1 heterocycles. The van der Waals surface area contributed by atoms with Crippen molar-refractivity contribution >= 4 is 17.7 Å². The molecule has 2 bridgehead atoms. The first kappa shape index (κ1) is 21.5. The zero-order valence-electron chi connectivity index (χ0n) is 17.9. The zero-order chi connectivity index (χ0) is 21.0. The van der Waals surface area contributed by atoms with Crippen molar-refractivity contribution in [3.05, 3.63) is 35.9 Å². The van der Waals surface area contributed by atoms with Crippen LogP contribution in [0.25, 0.3) is 0 Å². The van der Waals surface area contributed by atoms with Gasteiger partial charge in [0.05, 0.1) is 6.61 Å². The lowest BCUT2D eigenvalue weighted by Gasteiger charge is -2.35. The summed E-state index contributed by atoms with van der Waals surface area (Å²) in [6.45, 7) is 5.85. The molecular formula is C24H33NO4. The van der Waals surface area contributed by atoms with E-state index in [1.165, 1.54) is 5.56 Å². The van der Waals surface area contributed by atoms with Crippen LogP contribution in [0.1, 0.15) is 64.9 Å². The lowest BCUT2D eigenvalue weighted by Crippen LogP contribution is -2.54. The highest BCUT2D eigenvalue weighted by Gasteiger charge is 2.54. The van der Waals surface area contributed by atoms with Crippen LogP contribution in [0.3, 0.4) is 0 Å². The Hall–Kier alpha value is -2.17. The minimum absolute atomic E-state index is 0.000244. The van der Waals surface area contributed by atoms with E-state index in [0.29, 0.717) is 13.0 Å². The summed E-state index contributed by atoms with van der Waals surface area (Å²) in [4.78, 5) is 40.0. The molecule has 1 aromatic carbocycles. The van der Waals surface area contributed by atoms with Gasteiger partial charge in [-0.3, -0.25) is 9.59 Å². The fourth-order valence-electron chi connectivity index (χ4n) is 4.48. The molecule has 3 atom stereocenters. The SMILES string of the molecule is CCC(C)(C)C(=O)C(=O)N1[C@H]2CC[C@H](C2)[C@H]1C(=O)OCCCCc1ccccc1. The van der Waals surface area contributed by atoms with Gasteiger partial charge < -0.3 is 9.64 Å². The van der Waals surface area contributed by atoms with Crippen LogP contribution < -0.4 is 0 Å². The molecule has 2 fully saturated rings. The van der Waals surface area contributed by atoms with Crippen molar-refractivity contribution in [3.8, 4) is 0 Å². The summed E-state index contributed by atoms with van der Waals surface area (Å²) in [5.74, 6) is -1.12. The quantitative estimate of drug-likeness (QED) is 0.358. The number of nitrogens with zero attached hydrogens (tertiary/aromatic N) is 1. The molecule has 1 aliphatic heterocycles. The largest absolute Gasteiger partial charge is 0.464 e. The molecule has 3 rings (SSSR count). The molecule has 0 unspecified atom stereocenters. The summed E-state index contributed by atoms with van der Waals surface area (Å²) >= 11 is 0. The van der Waals surface area contributed by atoms with E-state index >= 15 is 0 Å². The summed E-state index contributed by atoms with van der Waals surface area (Å²) in [6, 6.07) is 9.65. The number of hydrogen-bond acceptors (Lipinski definition) is 4. The zero-order valence-corrected chi connectivity index (χ0v) is 17.9. The molecular weight excluding hydrogens is 366 g/mol. The first-order chi connectivity index (χ1) is 13.8. The van der Waals surface area contributed by atoms with Gasteiger partial charge in [0, 0.05) is 11.5 Å². The molecule has 1 amide bonds. The number of unbranched alkanes of at least 4 members (excludes halogenated alkanes) is 1. The maximum Gasteiger partial charge on any atom is 0.329 e. The number of carbonyl (C=O) groups is 3. The molecule has 5 nitrogen and oxygen atoms in total. The molecule has 0 N–H and O–H groups in total. The number of carbonyl (C=O) groups excluding carboxylic acids is 3. The van der Waals surface area contributed by atoms with Gasteiger partial charge >= 0.3 is 5.97 Å². The first-order valence-electron chi connectivity index (χ1n) is 10.9. The molecule has 1 saturated carbocycles. The number of Topliss-reactive ketones (excluding diaryl/α,β-unsaturated/α-hetero) is 1. The number of piperidine rings is 1. The summed E-state index contributed by atoms with van der Waals surface area (Å²) in [7, 11) is 0. The Morgan fingerprint density at radius 2 is 1.83 bits per heavy atom. The monoisotopic (exact) mass is 399 g/mol. The average molecular weight is 400 g/mol. The minimum Gasteiger partial charge on any atom is -0.464 e. The van der Waals surface area contributed by atoms with E-state index in [0.717, 1.165) is 38.5 Å². The molecule has 158 valence electrons. The number of benzene rings is 1. The third kappa shape index (κ3) is 4.71. The van der Waals surface area contributed by atoms with Gasteiger partial charge in [0.15, 0.2) is 0 Å². The van der Waals surface area contributed by atoms with Crippen molar-refractivity contribution in [2.75, 3.05) is 6.61 Å². The Morgan fingerprint density at radius 3 is 2.52 bits per heavy atom. The van der Waals surface area contributed by atoms with Crippen molar-refractivity contribution in [3.63, 3.8) is 0 Å². The second-order valence-corrected chi connectivity index (χ2v) is 9.06. The summed E-state index contributed by atoms with van der Waals surface area (Å²) in [5, 5.41) is 0. The van der Waals surface area contributed by atoms with Crippen LogP contribution in [0, 0.1) is 11.3 Å². The lowest BCUT2D eigenvalue weighted by molar-refractivity contribution is -0.161. The number of rotatable bonds is 9. The Bertz CT molecular complexity index is 743. The Morgan fingerprint density at radius 1 is 1.10 bits per heavy atom. The Balaban J connectivity index is 1.54. The second-order valence-electron chi connectivity index (χ2n) is 9.06. The van der Waals surface area contributed by atoms with Gasteiger partial charge in [0.2, 0.25) is 5.78 Å². The normalized spacial score (nSPS) is 23.3. The number of likely N-dealkylation sites (tertiary alicyclic amines) is 1. The molecule has 0 aromatic heterocycles. The highest BCUT2D eigenvalue weighted by Crippen LogP contribution is 2.43. The first-order valence-corrected chi connectivity index (χ1v) is 10.9. The predicted molar refractivity (Wildman–Crippen MR) is 111 cm³/mol. The van der Waals surface area contributed by atoms with E-state index < -0.39 is 23.1 Å². The highest BCUT2D eigenvalue weighted by molar-refractivity contribution is 6.38. The molecule has 0 spiro atoms. The number of hydrogen-bond donors (Lipinski definition) is 0. The summed E-state index contributed by atoms with van der Waals surface area (Å²) in [6.07, 6.45) is 5.88. The van der Waals surface area contributed by atoms with Crippen molar-refractivity contribution in [2.24, 2.45) is 11.3 Å². The van der Waals surface area contributed by atoms with Gasteiger partial charge in [-0.05, 0) is 56.4 Å². The molecule has 2 aliphatic rings. The molecule has 0 radical (unpaired) electrons. The molecule has 1 aromatic rings. The molecule has 1 aliphatic carbocycles. The summed E-state index contributed by atoms with van der Waals surface area (Å²) < 4.78 is 5.54. The number of aryl methyl sites for hydroxylation is 1. The van der Waals surface area contributed by atoms with Gasteiger partial charge in [0.25, 0.3) is 5.91 Å². The lowest BCUT2D eigenvalue weighted by atomic mass is 9.84. The van der Waals surface area contributed by atoms with Crippen LogP contribution in [0.15, 0.2) is 30.3 Å². The number of esters is 1. The van der Waals surface area contributed by atoms with Gasteiger partial charge in [-0.15, -0.1) is 0 Å². The minimum atomic E-state index is -0.704. The van der Waals surface area contributed by atoms with E-state index in [2.05, 4.69) is 12.1 Å². The second kappa shape index (κ2) is 9.10. The van der Waals surface area contributed by atoms with E-state index in [1.54, 1.807) is 18.7 Å². The highest BCUT2D eigenvalue weighted by atomic mass is 16.5. The third-order valence-electron chi connectivity index (χ3n) is 6.70. The standard InChI is InChI=1S/C24H33NO4/c1-4-24(2,3)21(26)22(27)25-19-14-13-18(16-19)20(25)23(28)29-15-9-8-12-17-10-6-5-7-11-17/h5-7,10-11,18-20H,4,8-9,12-16H2,1-3H3/t18-,19+,20+/m1/s1. The van der Waals surface area contributed by atoms with Crippen molar-refractivity contribution in [2.45, 2.75) is 77.8 Å². The van der Waals surface area contributed by atoms with Gasteiger partial charge in [-0.2, -0.15) is 0 Å². The van der Waals surface area contributed by atoms with Gasteiger partial charge in [-0.1, -0.05) is 51.1 Å². The molecule has 1 saturated heterocycles. The number of ketones is 1. The third-order valence-corrected chi connectivity index (χ3v) is 6.70. The van der Waals surface area contributed by atoms with Crippen molar-refractivity contribution < 1.29 is 19.1 Å². The van der Waals surface area contributed by atoms with E-state index in [9.17, 15) is 14.4 Å². The maximum atomic E-state index is 13.0. The van der Waals surface area contributed by atoms with Crippen LogP contribution in [0.5, 0.6) is 0 Å².